The maximum Gasteiger partial charge on any atom is 0.259 e. The molecule has 5 nitrogen and oxygen atoms in total. The maximum atomic E-state index is 12.5. The van der Waals surface area contributed by atoms with Gasteiger partial charge in [-0.2, -0.15) is 5.10 Å². The van der Waals surface area contributed by atoms with Gasteiger partial charge >= 0.3 is 0 Å². The lowest BCUT2D eigenvalue weighted by Gasteiger charge is -2.09. The van der Waals surface area contributed by atoms with E-state index in [-0.39, 0.29) is 5.91 Å². The highest BCUT2D eigenvalue weighted by Gasteiger charge is 2.16. The molecule has 1 amide bonds. The zero-order chi connectivity index (χ0) is 16.4. The van der Waals surface area contributed by atoms with Gasteiger partial charge in [0.25, 0.3) is 5.91 Å². The smallest absolute Gasteiger partial charge is 0.259 e. The number of nitrogens with one attached hydrogen (secondary N) is 1. The van der Waals surface area contributed by atoms with E-state index in [4.69, 9.17) is 0 Å². The SMILES string of the molecule is Cc1cc(Br)ccc1NC(=O)c1cnn(-c2ccccn2)c1C. The van der Waals surface area contributed by atoms with Gasteiger partial charge in [-0.15, -0.1) is 0 Å². The van der Waals surface area contributed by atoms with Crippen LogP contribution < -0.4 is 5.32 Å². The molecule has 2 heterocycles. The minimum absolute atomic E-state index is 0.185. The van der Waals surface area contributed by atoms with Crippen molar-refractivity contribution >= 4 is 27.5 Å². The average molecular weight is 371 g/mol. The Balaban J connectivity index is 1.88. The number of rotatable bonds is 3. The molecule has 0 bridgehead atoms. The molecule has 0 atom stereocenters. The quantitative estimate of drug-likeness (QED) is 0.760. The van der Waals surface area contributed by atoms with Gasteiger partial charge in [-0.25, -0.2) is 9.67 Å². The van der Waals surface area contributed by atoms with Crippen LogP contribution in [0.15, 0.2) is 53.3 Å². The number of aromatic nitrogens is 3. The van der Waals surface area contributed by atoms with Crippen LogP contribution in [-0.2, 0) is 0 Å². The largest absolute Gasteiger partial charge is 0.322 e. The van der Waals surface area contributed by atoms with E-state index in [0.29, 0.717) is 11.4 Å². The maximum absolute atomic E-state index is 12.5. The first-order chi connectivity index (χ1) is 11.1. The first kappa shape index (κ1) is 15.4. The number of anilines is 1. The van der Waals surface area contributed by atoms with Crippen molar-refractivity contribution in [2.75, 3.05) is 5.32 Å². The van der Waals surface area contributed by atoms with Gasteiger partial charge in [0, 0.05) is 16.4 Å². The second-order valence-corrected chi connectivity index (χ2v) is 6.07. The molecule has 0 aliphatic heterocycles. The van der Waals surface area contributed by atoms with Gasteiger partial charge in [0.15, 0.2) is 5.82 Å². The lowest BCUT2D eigenvalue weighted by Crippen LogP contribution is -2.14. The Morgan fingerprint density at radius 1 is 1.22 bits per heavy atom. The second-order valence-electron chi connectivity index (χ2n) is 5.16. The summed E-state index contributed by atoms with van der Waals surface area (Å²) in [6, 6.07) is 11.3. The number of hydrogen-bond acceptors (Lipinski definition) is 3. The third kappa shape index (κ3) is 3.17. The van der Waals surface area contributed by atoms with Crippen molar-refractivity contribution in [3.8, 4) is 5.82 Å². The van der Waals surface area contributed by atoms with Crippen molar-refractivity contribution in [2.45, 2.75) is 13.8 Å². The molecule has 0 saturated carbocycles. The molecular weight excluding hydrogens is 356 g/mol. The molecule has 0 aliphatic carbocycles. The van der Waals surface area contributed by atoms with E-state index < -0.39 is 0 Å². The van der Waals surface area contributed by atoms with E-state index in [1.807, 2.05) is 50.2 Å². The van der Waals surface area contributed by atoms with Crippen LogP contribution >= 0.6 is 15.9 Å². The standard InChI is InChI=1S/C17H15BrN4O/c1-11-9-13(18)6-7-15(11)21-17(23)14-10-20-22(12(14)2)16-5-3-4-8-19-16/h3-10H,1-2H3,(H,21,23). The Morgan fingerprint density at radius 2 is 2.04 bits per heavy atom. The molecule has 23 heavy (non-hydrogen) atoms. The molecule has 1 aromatic carbocycles. The number of nitrogens with zero attached hydrogens (tertiary/aromatic N) is 3. The fourth-order valence-electron chi connectivity index (χ4n) is 2.30. The summed E-state index contributed by atoms with van der Waals surface area (Å²) < 4.78 is 2.63. The lowest BCUT2D eigenvalue weighted by molar-refractivity contribution is 0.102. The summed E-state index contributed by atoms with van der Waals surface area (Å²) in [6.07, 6.45) is 3.26. The Hall–Kier alpha value is -2.47. The Kier molecular flexibility index (Phi) is 4.25. The molecule has 6 heteroatoms. The highest BCUT2D eigenvalue weighted by molar-refractivity contribution is 9.10. The molecule has 0 spiro atoms. The summed E-state index contributed by atoms with van der Waals surface area (Å²) in [5.74, 6) is 0.499. The first-order valence-corrected chi connectivity index (χ1v) is 7.89. The first-order valence-electron chi connectivity index (χ1n) is 7.10. The Bertz CT molecular complexity index is 858. The molecule has 0 unspecified atom stereocenters. The van der Waals surface area contributed by atoms with Gasteiger partial charge in [-0.1, -0.05) is 22.0 Å². The van der Waals surface area contributed by atoms with Crippen molar-refractivity contribution in [2.24, 2.45) is 0 Å². The highest BCUT2D eigenvalue weighted by Crippen LogP contribution is 2.21. The number of aryl methyl sites for hydroxylation is 1. The summed E-state index contributed by atoms with van der Waals surface area (Å²) in [5.41, 5.74) is 3.04. The van der Waals surface area contributed by atoms with Crippen molar-refractivity contribution < 1.29 is 4.79 Å². The van der Waals surface area contributed by atoms with E-state index in [9.17, 15) is 4.79 Å². The summed E-state index contributed by atoms with van der Waals surface area (Å²) in [7, 11) is 0. The molecule has 0 fully saturated rings. The fourth-order valence-corrected chi connectivity index (χ4v) is 2.78. The highest BCUT2D eigenvalue weighted by atomic mass is 79.9. The van der Waals surface area contributed by atoms with Crippen molar-refractivity contribution in [1.29, 1.82) is 0 Å². The summed E-state index contributed by atoms with van der Waals surface area (Å²) in [6.45, 7) is 3.80. The van der Waals surface area contributed by atoms with Crippen molar-refractivity contribution in [3.63, 3.8) is 0 Å². The van der Waals surface area contributed by atoms with Crippen molar-refractivity contribution in [1.82, 2.24) is 14.8 Å². The number of halogens is 1. The minimum atomic E-state index is -0.185. The fraction of sp³-hybridized carbons (Fsp3) is 0.118. The molecular formula is C17H15BrN4O. The molecule has 1 N–H and O–H groups in total. The van der Waals surface area contributed by atoms with Gasteiger partial charge in [0.2, 0.25) is 0 Å². The third-order valence-corrected chi connectivity index (χ3v) is 4.05. The van der Waals surface area contributed by atoms with Gasteiger partial charge < -0.3 is 5.32 Å². The molecule has 0 saturated heterocycles. The number of carbonyl (C=O) groups excluding carboxylic acids is 1. The molecule has 0 radical (unpaired) electrons. The predicted octanol–water partition coefficient (Wildman–Crippen LogP) is 3.90. The Labute approximate surface area is 142 Å². The van der Waals surface area contributed by atoms with E-state index >= 15 is 0 Å². The summed E-state index contributed by atoms with van der Waals surface area (Å²) in [4.78, 5) is 16.8. The van der Waals surface area contributed by atoms with Gasteiger partial charge in [-0.3, -0.25) is 4.79 Å². The topological polar surface area (TPSA) is 59.8 Å². The van der Waals surface area contributed by atoms with Crippen LogP contribution in [0.4, 0.5) is 5.69 Å². The lowest BCUT2D eigenvalue weighted by atomic mass is 10.2. The minimum Gasteiger partial charge on any atom is -0.322 e. The number of benzene rings is 1. The zero-order valence-corrected chi connectivity index (χ0v) is 14.3. The van der Waals surface area contributed by atoms with Gasteiger partial charge in [-0.05, 0) is 49.7 Å². The number of carbonyl (C=O) groups is 1. The van der Waals surface area contributed by atoms with Crippen LogP contribution in [0.25, 0.3) is 5.82 Å². The van der Waals surface area contributed by atoms with E-state index in [1.165, 1.54) is 0 Å². The molecule has 3 aromatic rings. The van der Waals surface area contributed by atoms with E-state index in [1.54, 1.807) is 17.1 Å². The summed E-state index contributed by atoms with van der Waals surface area (Å²) in [5, 5.41) is 7.20. The van der Waals surface area contributed by atoms with Crippen LogP contribution in [0.2, 0.25) is 0 Å². The zero-order valence-electron chi connectivity index (χ0n) is 12.7. The number of pyridine rings is 1. The summed E-state index contributed by atoms with van der Waals surface area (Å²) >= 11 is 3.42. The average Bonchev–Trinajstić information content (AvgIpc) is 2.92. The van der Waals surface area contributed by atoms with Crippen LogP contribution in [0.3, 0.4) is 0 Å². The van der Waals surface area contributed by atoms with Crippen LogP contribution in [-0.4, -0.2) is 20.7 Å². The van der Waals surface area contributed by atoms with Crippen LogP contribution in [0.5, 0.6) is 0 Å². The van der Waals surface area contributed by atoms with Crippen LogP contribution in [0, 0.1) is 13.8 Å². The van der Waals surface area contributed by atoms with Gasteiger partial charge in [0.05, 0.1) is 17.5 Å². The second kappa shape index (κ2) is 6.34. The van der Waals surface area contributed by atoms with E-state index in [0.717, 1.165) is 21.4 Å². The van der Waals surface area contributed by atoms with E-state index in [2.05, 4.69) is 31.3 Å². The van der Waals surface area contributed by atoms with Crippen molar-refractivity contribution in [3.05, 3.63) is 70.1 Å². The third-order valence-electron chi connectivity index (χ3n) is 3.56. The molecule has 0 aliphatic rings. The van der Waals surface area contributed by atoms with Crippen LogP contribution in [0.1, 0.15) is 21.6 Å². The molecule has 3 rings (SSSR count). The molecule has 2 aromatic heterocycles. The van der Waals surface area contributed by atoms with Gasteiger partial charge in [0.1, 0.15) is 0 Å². The number of hydrogen-bond donors (Lipinski definition) is 1. The monoisotopic (exact) mass is 370 g/mol. The molecule has 116 valence electrons. The number of amides is 1. The predicted molar refractivity (Wildman–Crippen MR) is 92.9 cm³/mol. The Morgan fingerprint density at radius 3 is 2.74 bits per heavy atom. The normalized spacial score (nSPS) is 10.6.